The van der Waals surface area contributed by atoms with Crippen molar-refractivity contribution in [3.63, 3.8) is 0 Å². The van der Waals surface area contributed by atoms with Crippen LogP contribution in [0.1, 0.15) is 36.8 Å². The average molecular weight is 301 g/mol. The van der Waals surface area contributed by atoms with E-state index in [0.717, 1.165) is 5.75 Å². The Balaban J connectivity index is 2.15. The predicted octanol–water partition coefficient (Wildman–Crippen LogP) is 4.63. The number of ketones is 1. The average Bonchev–Trinajstić information content (AvgIpc) is 2.91. The third kappa shape index (κ3) is 3.45. The Morgan fingerprint density at radius 1 is 1.10 bits per heavy atom. The largest absolute Gasteiger partial charge is 0.544 e. The molecule has 0 aliphatic rings. The maximum Gasteiger partial charge on any atom is 0.250 e. The molecular formula is C17H23NO2Si. The molecule has 1 aromatic carbocycles. The number of hydrogen-bond acceptors (Lipinski definition) is 2. The third-order valence-electron chi connectivity index (χ3n) is 4.14. The molecule has 21 heavy (non-hydrogen) atoms. The number of carbonyl (C=O) groups excluding carboxylic acids is 1. The summed E-state index contributed by atoms with van der Waals surface area (Å²) >= 11 is 0. The molecule has 1 aromatic heterocycles. The molecule has 0 bridgehead atoms. The van der Waals surface area contributed by atoms with Crippen LogP contribution in [0, 0.1) is 0 Å². The van der Waals surface area contributed by atoms with Gasteiger partial charge < -0.3 is 9.41 Å². The monoisotopic (exact) mass is 301 g/mol. The maximum atomic E-state index is 12.2. The van der Waals surface area contributed by atoms with Gasteiger partial charge in [-0.15, -0.1) is 0 Å². The van der Waals surface area contributed by atoms with Gasteiger partial charge in [-0.25, -0.2) is 0 Å². The molecule has 2 rings (SSSR count). The molecule has 0 aliphatic carbocycles. The smallest absolute Gasteiger partial charge is 0.250 e. The molecule has 0 aliphatic heterocycles. The first-order valence-electron chi connectivity index (χ1n) is 7.18. The second-order valence-corrected chi connectivity index (χ2v) is 11.5. The summed E-state index contributed by atoms with van der Waals surface area (Å²) in [4.78, 5) is 15.1. The van der Waals surface area contributed by atoms with E-state index in [1.165, 1.54) is 0 Å². The van der Waals surface area contributed by atoms with Crippen LogP contribution in [-0.4, -0.2) is 19.1 Å². The van der Waals surface area contributed by atoms with Crippen molar-refractivity contribution in [3.05, 3.63) is 53.9 Å². The van der Waals surface area contributed by atoms with Gasteiger partial charge in [-0.3, -0.25) is 4.79 Å². The van der Waals surface area contributed by atoms with Crippen molar-refractivity contribution in [1.29, 1.82) is 0 Å². The highest BCUT2D eigenvalue weighted by Crippen LogP contribution is 2.37. The minimum atomic E-state index is -1.83. The van der Waals surface area contributed by atoms with Gasteiger partial charge in [0.05, 0.1) is 5.69 Å². The van der Waals surface area contributed by atoms with Crippen molar-refractivity contribution < 1.29 is 9.22 Å². The first-order valence-corrected chi connectivity index (χ1v) is 10.1. The molecule has 0 spiro atoms. The summed E-state index contributed by atoms with van der Waals surface area (Å²) in [6.45, 7) is 11.1. The van der Waals surface area contributed by atoms with Gasteiger partial charge in [0.25, 0.3) is 0 Å². The van der Waals surface area contributed by atoms with E-state index >= 15 is 0 Å². The van der Waals surface area contributed by atoms with Crippen LogP contribution in [0.5, 0.6) is 5.75 Å². The summed E-state index contributed by atoms with van der Waals surface area (Å²) in [5, 5.41) is 0.158. The van der Waals surface area contributed by atoms with Crippen molar-refractivity contribution in [2.24, 2.45) is 0 Å². The van der Waals surface area contributed by atoms with Crippen molar-refractivity contribution in [1.82, 2.24) is 4.98 Å². The van der Waals surface area contributed by atoms with Crippen LogP contribution >= 0.6 is 0 Å². The molecular weight excluding hydrogens is 278 g/mol. The SMILES string of the molecule is CC(C)(C)[Si](C)(C)Oc1ccc(C(=O)c2ccc[nH]2)cc1. The van der Waals surface area contributed by atoms with Crippen molar-refractivity contribution >= 4 is 14.1 Å². The molecule has 3 nitrogen and oxygen atoms in total. The lowest BCUT2D eigenvalue weighted by Crippen LogP contribution is -2.43. The van der Waals surface area contributed by atoms with Crippen molar-refractivity contribution in [2.75, 3.05) is 0 Å². The van der Waals surface area contributed by atoms with E-state index in [1.54, 1.807) is 12.3 Å². The fourth-order valence-electron chi connectivity index (χ4n) is 1.75. The van der Waals surface area contributed by atoms with Crippen LogP contribution in [-0.2, 0) is 0 Å². The first kappa shape index (κ1) is 15.6. The summed E-state index contributed by atoms with van der Waals surface area (Å²) in [5.41, 5.74) is 1.27. The maximum absolute atomic E-state index is 12.2. The molecule has 0 fully saturated rings. The van der Waals surface area contributed by atoms with Gasteiger partial charge in [0.1, 0.15) is 5.75 Å². The van der Waals surface area contributed by atoms with Crippen LogP contribution in [0.25, 0.3) is 0 Å². The van der Waals surface area contributed by atoms with Crippen molar-refractivity contribution in [3.8, 4) is 5.75 Å². The minimum Gasteiger partial charge on any atom is -0.544 e. The van der Waals surface area contributed by atoms with E-state index in [-0.39, 0.29) is 10.8 Å². The van der Waals surface area contributed by atoms with Crippen LogP contribution in [0.15, 0.2) is 42.6 Å². The van der Waals surface area contributed by atoms with Crippen LogP contribution in [0.2, 0.25) is 18.1 Å². The van der Waals surface area contributed by atoms with Crippen molar-refractivity contribution in [2.45, 2.75) is 38.9 Å². The highest BCUT2D eigenvalue weighted by atomic mass is 28.4. The number of H-pyrrole nitrogens is 1. The second-order valence-electron chi connectivity index (χ2n) is 6.80. The Hall–Kier alpha value is -1.81. The third-order valence-corrected chi connectivity index (χ3v) is 8.50. The quantitative estimate of drug-likeness (QED) is 0.661. The second kappa shape index (κ2) is 5.52. The van der Waals surface area contributed by atoms with Gasteiger partial charge in [0, 0.05) is 11.8 Å². The summed E-state index contributed by atoms with van der Waals surface area (Å²) in [7, 11) is -1.83. The Labute approximate surface area is 127 Å². The molecule has 0 amide bonds. The van der Waals surface area contributed by atoms with E-state index in [4.69, 9.17) is 4.43 Å². The molecule has 2 aromatic rings. The fraction of sp³-hybridized carbons (Fsp3) is 0.353. The van der Waals surface area contributed by atoms with Gasteiger partial charge in [-0.1, -0.05) is 20.8 Å². The number of carbonyl (C=O) groups is 1. The van der Waals surface area contributed by atoms with E-state index in [2.05, 4.69) is 38.8 Å². The standard InChI is InChI=1S/C17H23NO2Si/c1-17(2,3)21(4,5)20-14-10-8-13(9-11-14)16(19)15-7-6-12-18-15/h6-12,18H,1-5H3. The topological polar surface area (TPSA) is 42.1 Å². The minimum absolute atomic E-state index is 0.00104. The zero-order chi connectivity index (χ0) is 15.7. The van der Waals surface area contributed by atoms with Crippen LogP contribution in [0.4, 0.5) is 0 Å². The zero-order valence-electron chi connectivity index (χ0n) is 13.4. The summed E-state index contributed by atoms with van der Waals surface area (Å²) in [6, 6.07) is 11.0. The number of rotatable bonds is 4. The van der Waals surface area contributed by atoms with E-state index in [9.17, 15) is 4.79 Å². The van der Waals surface area contributed by atoms with Gasteiger partial charge in [-0.05, 0) is 54.5 Å². The van der Waals surface area contributed by atoms with E-state index < -0.39 is 8.32 Å². The molecule has 0 saturated carbocycles. The normalized spacial score (nSPS) is 12.2. The Morgan fingerprint density at radius 2 is 1.71 bits per heavy atom. The fourth-order valence-corrected chi connectivity index (χ4v) is 2.78. The lowest BCUT2D eigenvalue weighted by molar-refractivity contribution is 0.103. The van der Waals surface area contributed by atoms with Crippen LogP contribution < -0.4 is 4.43 Å². The molecule has 0 saturated heterocycles. The molecule has 0 radical (unpaired) electrons. The zero-order valence-corrected chi connectivity index (χ0v) is 14.4. The lowest BCUT2D eigenvalue weighted by atomic mass is 10.1. The number of aromatic nitrogens is 1. The summed E-state index contributed by atoms with van der Waals surface area (Å²) in [5.74, 6) is 0.837. The Kier molecular flexibility index (Phi) is 4.10. The molecule has 112 valence electrons. The van der Waals surface area contributed by atoms with E-state index in [0.29, 0.717) is 11.3 Å². The van der Waals surface area contributed by atoms with Gasteiger partial charge in [0.2, 0.25) is 14.1 Å². The van der Waals surface area contributed by atoms with E-state index in [1.807, 2.05) is 30.3 Å². The molecule has 0 unspecified atom stereocenters. The lowest BCUT2D eigenvalue weighted by Gasteiger charge is -2.36. The predicted molar refractivity (Wildman–Crippen MR) is 88.5 cm³/mol. The number of benzene rings is 1. The molecule has 0 atom stereocenters. The van der Waals surface area contributed by atoms with Gasteiger partial charge in [0.15, 0.2) is 0 Å². The highest BCUT2D eigenvalue weighted by molar-refractivity contribution is 6.74. The Morgan fingerprint density at radius 3 is 2.19 bits per heavy atom. The van der Waals surface area contributed by atoms with Crippen LogP contribution in [0.3, 0.4) is 0 Å². The Bertz CT molecular complexity index is 607. The molecule has 4 heteroatoms. The number of nitrogens with one attached hydrogen (secondary N) is 1. The number of aromatic amines is 1. The summed E-state index contributed by atoms with van der Waals surface area (Å²) < 4.78 is 6.21. The molecule has 1 N–H and O–H groups in total. The summed E-state index contributed by atoms with van der Waals surface area (Å²) in [6.07, 6.45) is 1.75. The number of hydrogen-bond donors (Lipinski definition) is 1. The molecule has 1 heterocycles. The van der Waals surface area contributed by atoms with Gasteiger partial charge >= 0.3 is 0 Å². The highest BCUT2D eigenvalue weighted by Gasteiger charge is 2.38. The van der Waals surface area contributed by atoms with Gasteiger partial charge in [-0.2, -0.15) is 0 Å². The first-order chi connectivity index (χ1) is 9.71.